The minimum absolute atomic E-state index is 0.0586. The number of fused-ring (bicyclic) bond motifs is 1. The Balaban J connectivity index is 1.40. The highest BCUT2D eigenvalue weighted by Gasteiger charge is 2.16. The van der Waals surface area contributed by atoms with Crippen LogP contribution in [0.25, 0.3) is 10.9 Å². The zero-order chi connectivity index (χ0) is 24.0. The Hall–Kier alpha value is -4.10. The molecule has 0 bridgehead atoms. The summed E-state index contributed by atoms with van der Waals surface area (Å²) in [4.78, 5) is 18.2. The van der Waals surface area contributed by atoms with Gasteiger partial charge in [-0.05, 0) is 58.0 Å². The fourth-order valence-corrected chi connectivity index (χ4v) is 4.28. The van der Waals surface area contributed by atoms with Crippen LogP contribution in [0.4, 0.5) is 0 Å². The van der Waals surface area contributed by atoms with Crippen molar-refractivity contribution in [2.45, 2.75) is 33.0 Å². The van der Waals surface area contributed by atoms with Gasteiger partial charge in [-0.15, -0.1) is 5.10 Å². The Bertz CT molecular complexity index is 1460. The van der Waals surface area contributed by atoms with E-state index in [1.807, 2.05) is 48.0 Å². The second-order valence-corrected chi connectivity index (χ2v) is 8.90. The molecule has 35 heavy (non-hydrogen) atoms. The van der Waals surface area contributed by atoms with E-state index in [1.54, 1.807) is 0 Å². The Labute approximate surface area is 204 Å². The third kappa shape index (κ3) is 5.70. The monoisotopic (exact) mass is 464 g/mol. The molecule has 7 heteroatoms. The van der Waals surface area contributed by atoms with Crippen molar-refractivity contribution in [1.29, 1.82) is 0 Å². The van der Waals surface area contributed by atoms with Gasteiger partial charge in [-0.3, -0.25) is 9.69 Å². The third-order valence-electron chi connectivity index (χ3n) is 6.18. The summed E-state index contributed by atoms with van der Waals surface area (Å²) in [6.45, 7) is 4.44. The van der Waals surface area contributed by atoms with Gasteiger partial charge in [0, 0.05) is 24.2 Å². The zero-order valence-corrected chi connectivity index (χ0v) is 19.8. The lowest BCUT2D eigenvalue weighted by molar-refractivity contribution is 0.248. The number of rotatable bonds is 9. The minimum Gasteiger partial charge on any atom is -0.322 e. The van der Waals surface area contributed by atoms with E-state index in [1.165, 1.54) is 5.56 Å². The number of pyridine rings is 1. The molecule has 1 N–H and O–H groups in total. The van der Waals surface area contributed by atoms with Crippen LogP contribution >= 0.6 is 0 Å². The Kier molecular flexibility index (Phi) is 6.77. The van der Waals surface area contributed by atoms with Crippen molar-refractivity contribution >= 4 is 10.9 Å². The normalized spacial score (nSPS) is 11.4. The smallest absolute Gasteiger partial charge is 0.252 e. The first-order valence-electron chi connectivity index (χ1n) is 11.8. The van der Waals surface area contributed by atoms with Crippen molar-refractivity contribution < 1.29 is 0 Å². The molecule has 0 amide bonds. The molecule has 7 nitrogen and oxygen atoms in total. The number of tetrazole rings is 1. The highest BCUT2D eigenvalue weighted by molar-refractivity contribution is 5.79. The van der Waals surface area contributed by atoms with Crippen molar-refractivity contribution in [1.82, 2.24) is 30.1 Å². The molecule has 0 unspecified atom stereocenters. The van der Waals surface area contributed by atoms with Crippen LogP contribution in [0, 0.1) is 6.92 Å². The molecule has 0 spiro atoms. The standard InChI is InChI=1S/C28H28N6O/c1-21-12-13-24-17-25(28(35)29-26(24)16-21)19-33(15-14-22-8-4-2-5-9-22)20-27-30-31-32-34(27)18-23-10-6-3-7-11-23/h2-13,16-17H,14-15,18-20H2,1H3,(H,29,35). The fourth-order valence-electron chi connectivity index (χ4n) is 4.28. The predicted octanol–water partition coefficient (Wildman–Crippen LogP) is 4.12. The van der Waals surface area contributed by atoms with E-state index in [0.29, 0.717) is 19.6 Å². The average molecular weight is 465 g/mol. The van der Waals surface area contributed by atoms with E-state index < -0.39 is 0 Å². The molecule has 5 rings (SSSR count). The van der Waals surface area contributed by atoms with Crippen LogP contribution in [0.2, 0.25) is 0 Å². The molecule has 0 aliphatic rings. The number of aromatic nitrogens is 5. The first-order valence-corrected chi connectivity index (χ1v) is 11.8. The van der Waals surface area contributed by atoms with E-state index in [-0.39, 0.29) is 5.56 Å². The molecule has 0 aliphatic heterocycles. The Morgan fingerprint density at radius 1 is 0.886 bits per heavy atom. The maximum absolute atomic E-state index is 12.9. The molecule has 0 fully saturated rings. The molecule has 2 aromatic heterocycles. The van der Waals surface area contributed by atoms with Gasteiger partial charge < -0.3 is 4.98 Å². The van der Waals surface area contributed by atoms with Gasteiger partial charge in [0.1, 0.15) is 0 Å². The topological polar surface area (TPSA) is 79.7 Å². The second-order valence-electron chi connectivity index (χ2n) is 8.90. The van der Waals surface area contributed by atoms with Crippen LogP contribution in [0.3, 0.4) is 0 Å². The number of H-pyrrole nitrogens is 1. The summed E-state index contributed by atoms with van der Waals surface area (Å²) in [5.41, 5.74) is 5.05. The molecule has 176 valence electrons. The summed E-state index contributed by atoms with van der Waals surface area (Å²) < 4.78 is 1.83. The Morgan fingerprint density at radius 2 is 1.63 bits per heavy atom. The van der Waals surface area contributed by atoms with Gasteiger partial charge in [0.2, 0.25) is 0 Å². The zero-order valence-electron chi connectivity index (χ0n) is 19.8. The first-order chi connectivity index (χ1) is 17.1. The first kappa shape index (κ1) is 22.7. The summed E-state index contributed by atoms with van der Waals surface area (Å²) in [5, 5.41) is 13.5. The number of hydrogen-bond donors (Lipinski definition) is 1. The maximum atomic E-state index is 12.9. The van der Waals surface area contributed by atoms with Crippen LogP contribution in [0.5, 0.6) is 0 Å². The van der Waals surface area contributed by atoms with Crippen molar-refractivity contribution in [3.63, 3.8) is 0 Å². The Morgan fingerprint density at radius 3 is 2.40 bits per heavy atom. The average Bonchev–Trinajstić information content (AvgIpc) is 3.30. The van der Waals surface area contributed by atoms with Crippen LogP contribution in [-0.4, -0.2) is 36.6 Å². The van der Waals surface area contributed by atoms with E-state index in [2.05, 4.69) is 73.9 Å². The molecule has 0 radical (unpaired) electrons. The lowest BCUT2D eigenvalue weighted by Crippen LogP contribution is -2.30. The van der Waals surface area contributed by atoms with Crippen molar-refractivity contribution in [3.8, 4) is 0 Å². The van der Waals surface area contributed by atoms with Gasteiger partial charge in [-0.25, -0.2) is 4.68 Å². The predicted molar refractivity (Wildman–Crippen MR) is 137 cm³/mol. The lowest BCUT2D eigenvalue weighted by Gasteiger charge is -2.22. The highest BCUT2D eigenvalue weighted by atomic mass is 16.1. The number of nitrogens with one attached hydrogen (secondary N) is 1. The van der Waals surface area contributed by atoms with Crippen molar-refractivity contribution in [2.75, 3.05) is 6.54 Å². The minimum atomic E-state index is -0.0586. The van der Waals surface area contributed by atoms with Crippen molar-refractivity contribution in [2.24, 2.45) is 0 Å². The van der Waals surface area contributed by atoms with Crippen LogP contribution in [0.15, 0.2) is 89.7 Å². The van der Waals surface area contributed by atoms with Gasteiger partial charge in [-0.1, -0.05) is 72.8 Å². The van der Waals surface area contributed by atoms with Gasteiger partial charge in [0.05, 0.1) is 13.1 Å². The highest BCUT2D eigenvalue weighted by Crippen LogP contribution is 2.15. The summed E-state index contributed by atoms with van der Waals surface area (Å²) in [6, 6.07) is 28.7. The molecule has 0 atom stereocenters. The molecular formula is C28H28N6O. The maximum Gasteiger partial charge on any atom is 0.252 e. The van der Waals surface area contributed by atoms with E-state index in [9.17, 15) is 4.79 Å². The quantitative estimate of drug-likeness (QED) is 0.355. The fraction of sp³-hybridized carbons (Fsp3) is 0.214. The third-order valence-corrected chi connectivity index (χ3v) is 6.18. The number of benzene rings is 3. The SMILES string of the molecule is Cc1ccc2cc(CN(CCc3ccccc3)Cc3nnnn3Cc3ccccc3)c(=O)[nH]c2c1. The van der Waals surface area contributed by atoms with Gasteiger partial charge in [-0.2, -0.15) is 0 Å². The molecule has 5 aromatic rings. The van der Waals surface area contributed by atoms with Gasteiger partial charge in [0.15, 0.2) is 5.82 Å². The molecule has 2 heterocycles. The van der Waals surface area contributed by atoms with E-state index in [0.717, 1.165) is 46.4 Å². The molecular weight excluding hydrogens is 436 g/mol. The van der Waals surface area contributed by atoms with Crippen LogP contribution < -0.4 is 5.56 Å². The largest absolute Gasteiger partial charge is 0.322 e. The lowest BCUT2D eigenvalue weighted by atomic mass is 10.1. The van der Waals surface area contributed by atoms with Gasteiger partial charge >= 0.3 is 0 Å². The number of aromatic amines is 1. The summed E-state index contributed by atoms with van der Waals surface area (Å²) in [5.74, 6) is 0.773. The molecule has 0 saturated heterocycles. The van der Waals surface area contributed by atoms with E-state index in [4.69, 9.17) is 0 Å². The van der Waals surface area contributed by atoms with Crippen molar-refractivity contribution in [3.05, 3.63) is 123 Å². The number of nitrogens with zero attached hydrogens (tertiary/aromatic N) is 5. The molecule has 0 aliphatic carbocycles. The van der Waals surface area contributed by atoms with Crippen LogP contribution in [0.1, 0.15) is 28.1 Å². The summed E-state index contributed by atoms with van der Waals surface area (Å²) in [7, 11) is 0. The number of aryl methyl sites for hydroxylation is 1. The van der Waals surface area contributed by atoms with Gasteiger partial charge in [0.25, 0.3) is 5.56 Å². The summed E-state index contributed by atoms with van der Waals surface area (Å²) >= 11 is 0. The van der Waals surface area contributed by atoms with Crippen LogP contribution in [-0.2, 0) is 26.1 Å². The number of hydrogen-bond acceptors (Lipinski definition) is 5. The molecule has 3 aromatic carbocycles. The summed E-state index contributed by atoms with van der Waals surface area (Å²) in [6.07, 6.45) is 0.867. The second kappa shape index (κ2) is 10.4. The molecule has 0 saturated carbocycles. The van der Waals surface area contributed by atoms with E-state index >= 15 is 0 Å².